The highest BCUT2D eigenvalue weighted by Crippen LogP contribution is 2.43. The Balaban J connectivity index is 1.31. The number of aryl methyl sites for hydroxylation is 2. The molecular formula is C23H32N6O2. The van der Waals surface area contributed by atoms with Gasteiger partial charge in [-0.05, 0) is 62.8 Å². The molecule has 0 radical (unpaired) electrons. The molecule has 4 atom stereocenters. The van der Waals surface area contributed by atoms with E-state index in [2.05, 4.69) is 33.4 Å². The Morgan fingerprint density at radius 1 is 1.23 bits per heavy atom. The predicted molar refractivity (Wildman–Crippen MR) is 114 cm³/mol. The van der Waals surface area contributed by atoms with Crippen molar-refractivity contribution in [2.75, 3.05) is 19.7 Å². The second-order valence-corrected chi connectivity index (χ2v) is 9.51. The van der Waals surface area contributed by atoms with E-state index in [4.69, 9.17) is 4.74 Å². The Morgan fingerprint density at radius 2 is 2.03 bits per heavy atom. The Bertz CT molecular complexity index is 926. The minimum atomic E-state index is 0.0119. The van der Waals surface area contributed by atoms with Crippen LogP contribution in [0, 0.1) is 24.7 Å². The van der Waals surface area contributed by atoms with Crippen LogP contribution in [-0.2, 0) is 11.2 Å². The molecule has 2 aromatic heterocycles. The van der Waals surface area contributed by atoms with E-state index in [1.165, 1.54) is 12.8 Å². The third kappa shape index (κ3) is 4.49. The zero-order valence-corrected chi connectivity index (χ0v) is 18.5. The molecule has 2 saturated carbocycles. The van der Waals surface area contributed by atoms with Gasteiger partial charge in [-0.2, -0.15) is 0 Å². The van der Waals surface area contributed by atoms with E-state index in [0.717, 1.165) is 57.0 Å². The maximum absolute atomic E-state index is 13.1. The smallest absolute Gasteiger partial charge is 0.272 e. The summed E-state index contributed by atoms with van der Waals surface area (Å²) in [6, 6.07) is 1.90. The van der Waals surface area contributed by atoms with Crippen molar-refractivity contribution < 1.29 is 9.53 Å². The second kappa shape index (κ2) is 8.65. The second-order valence-electron chi connectivity index (χ2n) is 9.51. The maximum Gasteiger partial charge on any atom is 0.272 e. The van der Waals surface area contributed by atoms with E-state index in [1.54, 1.807) is 12.3 Å². The molecule has 3 fully saturated rings. The largest absolute Gasteiger partial charge is 0.376 e. The third-order valence-corrected chi connectivity index (χ3v) is 7.01. The number of carbonyl (C=O) groups excluding carboxylic acids is 1. The molecule has 2 aliphatic carbocycles. The number of fused-ring (bicyclic) bond motifs is 1. The molecule has 3 aliphatic rings. The third-order valence-electron chi connectivity index (χ3n) is 7.01. The first-order chi connectivity index (χ1) is 15.1. The summed E-state index contributed by atoms with van der Waals surface area (Å²) in [5.74, 6) is 2.29. The molecule has 5 rings (SSSR count). The number of hydrogen-bond acceptors (Lipinski definition) is 6. The van der Waals surface area contributed by atoms with Gasteiger partial charge in [0.15, 0.2) is 0 Å². The van der Waals surface area contributed by atoms with Crippen LogP contribution in [0.1, 0.15) is 67.1 Å². The fourth-order valence-corrected chi connectivity index (χ4v) is 5.14. The fourth-order valence-electron chi connectivity index (χ4n) is 5.14. The number of amides is 1. The van der Waals surface area contributed by atoms with E-state index in [0.29, 0.717) is 23.4 Å². The van der Waals surface area contributed by atoms with Gasteiger partial charge in [-0.3, -0.25) is 4.79 Å². The van der Waals surface area contributed by atoms with Crippen LogP contribution < -0.4 is 0 Å². The summed E-state index contributed by atoms with van der Waals surface area (Å²) in [6.07, 6.45) is 10.4. The van der Waals surface area contributed by atoms with Crippen LogP contribution in [0.15, 0.2) is 18.5 Å². The van der Waals surface area contributed by atoms with Crippen LogP contribution in [0.3, 0.4) is 0 Å². The van der Waals surface area contributed by atoms with Gasteiger partial charge in [-0.25, -0.2) is 14.6 Å². The van der Waals surface area contributed by atoms with Crippen LogP contribution in [0.5, 0.6) is 0 Å². The van der Waals surface area contributed by atoms with E-state index in [1.807, 2.05) is 16.5 Å². The first kappa shape index (κ1) is 20.5. The SMILES string of the molecule is CCCc1cn([C@@H]2C[C@@H]3CN(C(=O)c4ccnc(C)n4)C[C@@H]3C[C@H]2OCC2CC2)nn1. The monoisotopic (exact) mass is 424 g/mol. The van der Waals surface area contributed by atoms with Crippen LogP contribution in [-0.4, -0.2) is 61.6 Å². The number of carbonyl (C=O) groups is 1. The number of rotatable bonds is 7. The van der Waals surface area contributed by atoms with Crippen LogP contribution in [0.25, 0.3) is 0 Å². The first-order valence-corrected chi connectivity index (χ1v) is 11.7. The molecule has 0 spiro atoms. The Morgan fingerprint density at radius 3 is 2.77 bits per heavy atom. The molecule has 31 heavy (non-hydrogen) atoms. The maximum atomic E-state index is 13.1. The summed E-state index contributed by atoms with van der Waals surface area (Å²) in [7, 11) is 0. The molecule has 166 valence electrons. The van der Waals surface area contributed by atoms with Gasteiger partial charge in [0.25, 0.3) is 5.91 Å². The molecule has 1 aliphatic heterocycles. The Kier molecular flexibility index (Phi) is 5.73. The molecular weight excluding hydrogens is 392 g/mol. The summed E-state index contributed by atoms with van der Waals surface area (Å²) in [5.41, 5.74) is 1.54. The molecule has 3 heterocycles. The van der Waals surface area contributed by atoms with Crippen molar-refractivity contribution in [3.63, 3.8) is 0 Å². The highest BCUT2D eigenvalue weighted by atomic mass is 16.5. The Hall–Kier alpha value is -2.35. The van der Waals surface area contributed by atoms with E-state index < -0.39 is 0 Å². The van der Waals surface area contributed by atoms with Crippen molar-refractivity contribution in [2.24, 2.45) is 17.8 Å². The molecule has 8 nitrogen and oxygen atoms in total. The minimum Gasteiger partial charge on any atom is -0.376 e. The van der Waals surface area contributed by atoms with Crippen LogP contribution >= 0.6 is 0 Å². The highest BCUT2D eigenvalue weighted by molar-refractivity contribution is 5.92. The van der Waals surface area contributed by atoms with Crippen molar-refractivity contribution in [3.05, 3.63) is 35.7 Å². The number of aromatic nitrogens is 5. The van der Waals surface area contributed by atoms with Gasteiger partial charge in [0, 0.05) is 32.1 Å². The van der Waals surface area contributed by atoms with Crippen LogP contribution in [0.4, 0.5) is 0 Å². The lowest BCUT2D eigenvalue weighted by molar-refractivity contribution is -0.0375. The summed E-state index contributed by atoms with van der Waals surface area (Å²) >= 11 is 0. The Labute approximate surface area is 183 Å². The molecule has 0 unspecified atom stereocenters. The fraction of sp³-hybridized carbons (Fsp3) is 0.696. The summed E-state index contributed by atoms with van der Waals surface area (Å²) in [6.45, 7) is 6.38. The van der Waals surface area contributed by atoms with Crippen LogP contribution in [0.2, 0.25) is 0 Å². The lowest BCUT2D eigenvalue weighted by Gasteiger charge is -2.37. The summed E-state index contributed by atoms with van der Waals surface area (Å²) in [5, 5.41) is 8.84. The molecule has 0 aromatic carbocycles. The molecule has 0 bridgehead atoms. The van der Waals surface area contributed by atoms with E-state index in [-0.39, 0.29) is 18.1 Å². The van der Waals surface area contributed by atoms with Crippen molar-refractivity contribution in [2.45, 2.75) is 64.5 Å². The first-order valence-electron chi connectivity index (χ1n) is 11.7. The van der Waals surface area contributed by atoms with Crippen molar-refractivity contribution in [1.29, 1.82) is 0 Å². The molecule has 1 saturated heterocycles. The quantitative estimate of drug-likeness (QED) is 0.679. The highest BCUT2D eigenvalue weighted by Gasteiger charge is 2.45. The lowest BCUT2D eigenvalue weighted by Crippen LogP contribution is -2.38. The van der Waals surface area contributed by atoms with Gasteiger partial charge >= 0.3 is 0 Å². The minimum absolute atomic E-state index is 0.0119. The summed E-state index contributed by atoms with van der Waals surface area (Å²) in [4.78, 5) is 23.5. The van der Waals surface area contributed by atoms with Gasteiger partial charge in [0.1, 0.15) is 11.5 Å². The lowest BCUT2D eigenvalue weighted by atomic mass is 9.77. The normalized spacial score (nSPS) is 28.0. The van der Waals surface area contributed by atoms with E-state index >= 15 is 0 Å². The number of ether oxygens (including phenoxy) is 1. The van der Waals surface area contributed by atoms with Crippen molar-refractivity contribution in [3.8, 4) is 0 Å². The van der Waals surface area contributed by atoms with Gasteiger partial charge in [-0.15, -0.1) is 5.10 Å². The van der Waals surface area contributed by atoms with Gasteiger partial charge < -0.3 is 9.64 Å². The zero-order chi connectivity index (χ0) is 21.4. The van der Waals surface area contributed by atoms with Crippen molar-refractivity contribution >= 4 is 5.91 Å². The summed E-state index contributed by atoms with van der Waals surface area (Å²) < 4.78 is 8.47. The van der Waals surface area contributed by atoms with E-state index in [9.17, 15) is 4.79 Å². The number of nitrogens with zero attached hydrogens (tertiary/aromatic N) is 6. The van der Waals surface area contributed by atoms with Crippen molar-refractivity contribution in [1.82, 2.24) is 29.9 Å². The topological polar surface area (TPSA) is 86.0 Å². The van der Waals surface area contributed by atoms with Gasteiger partial charge in [0.2, 0.25) is 0 Å². The predicted octanol–water partition coefficient (Wildman–Crippen LogP) is 2.85. The standard InChI is InChI=1S/C23H32N6O2/c1-3-4-19-13-29(27-26-19)21-9-17-11-28(23(30)20-7-8-24-15(2)25-20)12-18(17)10-22(21)31-14-16-5-6-16/h7-8,13,16-18,21-22H,3-6,9-12,14H2,1-2H3/t17-,18+,21-,22-/m1/s1. The molecule has 2 aromatic rings. The number of likely N-dealkylation sites (tertiary alicyclic amines) is 1. The van der Waals surface area contributed by atoms with Gasteiger partial charge in [0.05, 0.1) is 17.8 Å². The zero-order valence-electron chi connectivity index (χ0n) is 18.5. The average molecular weight is 425 g/mol. The number of hydrogen-bond donors (Lipinski definition) is 0. The molecule has 8 heteroatoms. The molecule has 1 amide bonds. The molecule has 0 N–H and O–H groups in total. The van der Waals surface area contributed by atoms with Gasteiger partial charge in [-0.1, -0.05) is 18.6 Å². The average Bonchev–Trinajstić information content (AvgIpc) is 3.32.